The monoisotopic (exact) mass is 343 g/mol. The van der Waals surface area contributed by atoms with Crippen LogP contribution >= 0.6 is 0 Å². The van der Waals surface area contributed by atoms with Crippen molar-refractivity contribution in [3.63, 3.8) is 0 Å². The molecule has 4 nitrogen and oxygen atoms in total. The molecule has 4 heteroatoms. The molecule has 4 aromatic rings. The molecule has 4 rings (SSSR count). The molecule has 0 saturated heterocycles. The molecule has 0 aliphatic heterocycles. The molecule has 26 heavy (non-hydrogen) atoms. The van der Waals surface area contributed by atoms with Crippen molar-refractivity contribution in [1.29, 1.82) is 0 Å². The standard InChI is InChI=1S/C22H21N3O/c1-15(18-12-11-17-7-3-4-8-19(17)13-18)23-22(26)14-25-16(2)24-20-9-5-6-10-21(20)25/h3-13,15H,14H2,1-2H3,(H,23,26). The van der Waals surface area contributed by atoms with Crippen molar-refractivity contribution in [1.82, 2.24) is 14.9 Å². The first-order chi connectivity index (χ1) is 12.6. The summed E-state index contributed by atoms with van der Waals surface area (Å²) >= 11 is 0. The first-order valence-corrected chi connectivity index (χ1v) is 8.82. The lowest BCUT2D eigenvalue weighted by Crippen LogP contribution is -2.30. The number of amides is 1. The molecule has 1 heterocycles. The summed E-state index contributed by atoms with van der Waals surface area (Å²) in [5.41, 5.74) is 3.00. The summed E-state index contributed by atoms with van der Waals surface area (Å²) in [5, 5.41) is 5.49. The molecule has 1 aromatic heterocycles. The van der Waals surface area contributed by atoms with Crippen LogP contribution in [0.3, 0.4) is 0 Å². The fourth-order valence-electron chi connectivity index (χ4n) is 3.39. The fraction of sp³-hybridized carbons (Fsp3) is 0.182. The molecule has 0 fully saturated rings. The van der Waals surface area contributed by atoms with Gasteiger partial charge in [-0.05, 0) is 48.4 Å². The van der Waals surface area contributed by atoms with E-state index in [1.807, 2.05) is 54.8 Å². The zero-order valence-electron chi connectivity index (χ0n) is 14.9. The van der Waals surface area contributed by atoms with Crippen molar-refractivity contribution in [3.05, 3.63) is 78.1 Å². The number of fused-ring (bicyclic) bond motifs is 2. The third kappa shape index (κ3) is 3.06. The summed E-state index contributed by atoms with van der Waals surface area (Å²) in [7, 11) is 0. The van der Waals surface area contributed by atoms with Gasteiger partial charge in [-0.25, -0.2) is 4.98 Å². The van der Waals surface area contributed by atoms with E-state index < -0.39 is 0 Å². The summed E-state index contributed by atoms with van der Waals surface area (Å²) in [6.45, 7) is 4.21. The largest absolute Gasteiger partial charge is 0.348 e. The van der Waals surface area contributed by atoms with Gasteiger partial charge in [-0.15, -0.1) is 0 Å². The van der Waals surface area contributed by atoms with E-state index in [0.717, 1.165) is 22.4 Å². The normalized spacial score (nSPS) is 12.4. The minimum Gasteiger partial charge on any atom is -0.348 e. The van der Waals surface area contributed by atoms with Crippen molar-refractivity contribution < 1.29 is 4.79 Å². The van der Waals surface area contributed by atoms with E-state index >= 15 is 0 Å². The second kappa shape index (κ2) is 6.64. The molecular weight excluding hydrogens is 322 g/mol. The van der Waals surface area contributed by atoms with E-state index in [4.69, 9.17) is 0 Å². The van der Waals surface area contributed by atoms with E-state index in [1.54, 1.807) is 0 Å². The minimum atomic E-state index is -0.0535. The summed E-state index contributed by atoms with van der Waals surface area (Å²) in [6, 6.07) is 22.4. The SMILES string of the molecule is Cc1nc2ccccc2n1CC(=O)NC(C)c1ccc2ccccc2c1. The van der Waals surface area contributed by atoms with E-state index in [-0.39, 0.29) is 18.5 Å². The topological polar surface area (TPSA) is 46.9 Å². The van der Waals surface area contributed by atoms with Crippen LogP contribution in [0.5, 0.6) is 0 Å². The Balaban J connectivity index is 1.52. The average Bonchev–Trinajstić information content (AvgIpc) is 2.96. The number of nitrogens with zero attached hydrogens (tertiary/aromatic N) is 2. The predicted molar refractivity (Wildman–Crippen MR) is 105 cm³/mol. The predicted octanol–water partition coefficient (Wildman–Crippen LogP) is 4.38. The van der Waals surface area contributed by atoms with Gasteiger partial charge in [-0.2, -0.15) is 0 Å². The number of carbonyl (C=O) groups excluding carboxylic acids is 1. The quantitative estimate of drug-likeness (QED) is 0.598. The van der Waals surface area contributed by atoms with Crippen LogP contribution in [0.25, 0.3) is 21.8 Å². The summed E-state index contributed by atoms with van der Waals surface area (Å²) in [5.74, 6) is 0.830. The maximum Gasteiger partial charge on any atom is 0.240 e. The zero-order valence-corrected chi connectivity index (χ0v) is 14.9. The van der Waals surface area contributed by atoms with E-state index in [2.05, 4.69) is 40.6 Å². The first-order valence-electron chi connectivity index (χ1n) is 8.82. The number of aryl methyl sites for hydroxylation is 1. The Kier molecular flexibility index (Phi) is 4.17. The average molecular weight is 343 g/mol. The van der Waals surface area contributed by atoms with Crippen LogP contribution in [0.2, 0.25) is 0 Å². The van der Waals surface area contributed by atoms with Crippen LogP contribution < -0.4 is 5.32 Å². The Morgan fingerprint density at radius 1 is 1.04 bits per heavy atom. The number of para-hydroxylation sites is 2. The highest BCUT2D eigenvalue weighted by Crippen LogP contribution is 2.20. The molecular formula is C22H21N3O. The number of nitrogens with one attached hydrogen (secondary N) is 1. The molecule has 3 aromatic carbocycles. The molecule has 0 aliphatic carbocycles. The van der Waals surface area contributed by atoms with Gasteiger partial charge < -0.3 is 9.88 Å². The van der Waals surface area contributed by atoms with E-state index in [0.29, 0.717) is 0 Å². The third-order valence-electron chi connectivity index (χ3n) is 4.80. The molecule has 1 atom stereocenters. The smallest absolute Gasteiger partial charge is 0.240 e. The second-order valence-corrected chi connectivity index (χ2v) is 6.63. The molecule has 0 radical (unpaired) electrons. The Hall–Kier alpha value is -3.14. The van der Waals surface area contributed by atoms with Crippen molar-refractivity contribution in [3.8, 4) is 0 Å². The summed E-state index contributed by atoms with van der Waals surface area (Å²) in [6.07, 6.45) is 0. The lowest BCUT2D eigenvalue weighted by atomic mass is 10.0. The highest BCUT2D eigenvalue weighted by Gasteiger charge is 2.14. The van der Waals surface area contributed by atoms with Gasteiger partial charge in [0.1, 0.15) is 12.4 Å². The Morgan fingerprint density at radius 3 is 2.62 bits per heavy atom. The fourth-order valence-corrected chi connectivity index (χ4v) is 3.39. The van der Waals surface area contributed by atoms with Crippen LogP contribution in [0.15, 0.2) is 66.7 Å². The Morgan fingerprint density at radius 2 is 1.77 bits per heavy atom. The molecule has 1 amide bonds. The molecule has 1 unspecified atom stereocenters. The van der Waals surface area contributed by atoms with Crippen molar-refractivity contribution in [2.45, 2.75) is 26.4 Å². The zero-order chi connectivity index (χ0) is 18.1. The first kappa shape index (κ1) is 16.3. The number of hydrogen-bond acceptors (Lipinski definition) is 2. The third-order valence-corrected chi connectivity index (χ3v) is 4.80. The van der Waals surface area contributed by atoms with Crippen molar-refractivity contribution in [2.75, 3.05) is 0 Å². The second-order valence-electron chi connectivity index (χ2n) is 6.63. The molecule has 0 aliphatic rings. The van der Waals surface area contributed by atoms with Gasteiger partial charge in [0.2, 0.25) is 5.91 Å². The van der Waals surface area contributed by atoms with Crippen LogP contribution in [0, 0.1) is 6.92 Å². The van der Waals surface area contributed by atoms with Gasteiger partial charge in [-0.3, -0.25) is 4.79 Å². The van der Waals surface area contributed by atoms with Gasteiger partial charge in [0.15, 0.2) is 0 Å². The van der Waals surface area contributed by atoms with Crippen LogP contribution in [-0.2, 0) is 11.3 Å². The number of carbonyl (C=O) groups is 1. The van der Waals surface area contributed by atoms with Crippen molar-refractivity contribution >= 4 is 27.7 Å². The summed E-state index contributed by atoms with van der Waals surface area (Å²) in [4.78, 5) is 17.1. The van der Waals surface area contributed by atoms with Gasteiger partial charge in [0.05, 0.1) is 17.1 Å². The maximum atomic E-state index is 12.6. The maximum absolute atomic E-state index is 12.6. The molecule has 0 spiro atoms. The van der Waals surface area contributed by atoms with Crippen molar-refractivity contribution in [2.24, 2.45) is 0 Å². The number of aromatic nitrogens is 2. The lowest BCUT2D eigenvalue weighted by Gasteiger charge is -2.16. The number of benzene rings is 3. The van der Waals surface area contributed by atoms with E-state index in [1.165, 1.54) is 10.8 Å². The van der Waals surface area contributed by atoms with Gasteiger partial charge in [0, 0.05) is 0 Å². The molecule has 0 saturated carbocycles. The minimum absolute atomic E-state index is 0.0167. The van der Waals surface area contributed by atoms with Gasteiger partial charge in [0.25, 0.3) is 0 Å². The molecule has 0 bridgehead atoms. The summed E-state index contributed by atoms with van der Waals surface area (Å²) < 4.78 is 1.96. The Labute approximate surface area is 152 Å². The molecule has 130 valence electrons. The highest BCUT2D eigenvalue weighted by molar-refractivity contribution is 5.84. The Bertz CT molecular complexity index is 1100. The van der Waals surface area contributed by atoms with Gasteiger partial charge in [-0.1, -0.05) is 48.5 Å². The number of imidazole rings is 1. The number of rotatable bonds is 4. The highest BCUT2D eigenvalue weighted by atomic mass is 16.2. The molecule has 1 N–H and O–H groups in total. The lowest BCUT2D eigenvalue weighted by molar-refractivity contribution is -0.122. The van der Waals surface area contributed by atoms with Gasteiger partial charge >= 0.3 is 0 Å². The van der Waals surface area contributed by atoms with Crippen LogP contribution in [0.1, 0.15) is 24.4 Å². The number of hydrogen-bond donors (Lipinski definition) is 1. The van der Waals surface area contributed by atoms with Crippen LogP contribution in [0.4, 0.5) is 0 Å². The van der Waals surface area contributed by atoms with E-state index in [9.17, 15) is 4.79 Å². The van der Waals surface area contributed by atoms with Crippen LogP contribution in [-0.4, -0.2) is 15.5 Å².